The van der Waals surface area contributed by atoms with Crippen molar-refractivity contribution in [3.05, 3.63) is 69.5 Å². The number of aryl methyl sites for hydroxylation is 2. The molecular formula is C27H35ClFNO4S. The second-order valence-electron chi connectivity index (χ2n) is 9.40. The maximum atomic E-state index is 14.4. The molecule has 0 saturated carbocycles. The van der Waals surface area contributed by atoms with Gasteiger partial charge in [0.25, 0.3) is 10.1 Å². The molecule has 1 aliphatic heterocycles. The van der Waals surface area contributed by atoms with Gasteiger partial charge in [0.2, 0.25) is 5.91 Å². The first-order valence-corrected chi connectivity index (χ1v) is 14.5. The SMILES string of the molecule is CCc1ccc([C@@]2(CCOS(C)(=O)=O)CCCCN(C(=O)Cc3c(F)cccc3Cl)C2)cc1CC. The number of likely N-dealkylation sites (tertiary alicyclic amines) is 1. The van der Waals surface area contributed by atoms with E-state index >= 15 is 0 Å². The lowest BCUT2D eigenvalue weighted by Gasteiger charge is -2.37. The Bertz CT molecular complexity index is 1130. The van der Waals surface area contributed by atoms with Crippen molar-refractivity contribution >= 4 is 27.6 Å². The monoisotopic (exact) mass is 523 g/mol. The number of carbonyl (C=O) groups excluding carboxylic acids is 1. The van der Waals surface area contributed by atoms with E-state index in [0.29, 0.717) is 19.5 Å². The molecule has 2 aromatic rings. The number of rotatable bonds is 9. The van der Waals surface area contributed by atoms with Crippen molar-refractivity contribution in [2.75, 3.05) is 26.0 Å². The summed E-state index contributed by atoms with van der Waals surface area (Å²) in [6.45, 7) is 5.27. The summed E-state index contributed by atoms with van der Waals surface area (Å²) in [7, 11) is -3.58. The van der Waals surface area contributed by atoms with Gasteiger partial charge in [0.15, 0.2) is 0 Å². The molecule has 1 fully saturated rings. The van der Waals surface area contributed by atoms with E-state index in [0.717, 1.165) is 43.9 Å². The van der Waals surface area contributed by atoms with Gasteiger partial charge in [-0.1, -0.05) is 56.1 Å². The molecule has 2 aromatic carbocycles. The summed E-state index contributed by atoms with van der Waals surface area (Å²) in [4.78, 5) is 15.2. The Morgan fingerprint density at radius 2 is 1.89 bits per heavy atom. The van der Waals surface area contributed by atoms with Crippen LogP contribution in [0.3, 0.4) is 0 Å². The fraction of sp³-hybridized carbons (Fsp3) is 0.519. The molecule has 1 heterocycles. The Balaban J connectivity index is 1.96. The van der Waals surface area contributed by atoms with E-state index in [9.17, 15) is 17.6 Å². The van der Waals surface area contributed by atoms with Gasteiger partial charge in [-0.15, -0.1) is 0 Å². The number of hydrogen-bond acceptors (Lipinski definition) is 4. The molecule has 1 saturated heterocycles. The minimum absolute atomic E-state index is 0.0387. The number of amides is 1. The summed E-state index contributed by atoms with van der Waals surface area (Å²) < 4.78 is 42.9. The lowest BCUT2D eigenvalue weighted by Crippen LogP contribution is -2.44. The van der Waals surface area contributed by atoms with Crippen LogP contribution in [0, 0.1) is 5.82 Å². The van der Waals surface area contributed by atoms with E-state index in [1.165, 1.54) is 23.3 Å². The van der Waals surface area contributed by atoms with Crippen LogP contribution >= 0.6 is 11.6 Å². The topological polar surface area (TPSA) is 63.7 Å². The zero-order valence-electron chi connectivity index (χ0n) is 20.8. The van der Waals surface area contributed by atoms with E-state index in [1.54, 1.807) is 11.0 Å². The quantitative estimate of drug-likeness (QED) is 0.409. The van der Waals surface area contributed by atoms with Crippen molar-refractivity contribution in [1.82, 2.24) is 4.90 Å². The molecule has 3 rings (SSSR count). The molecular weight excluding hydrogens is 489 g/mol. The van der Waals surface area contributed by atoms with Gasteiger partial charge in [0, 0.05) is 29.1 Å². The highest BCUT2D eigenvalue weighted by molar-refractivity contribution is 7.85. The van der Waals surface area contributed by atoms with Gasteiger partial charge in [-0.25, -0.2) is 4.39 Å². The number of nitrogens with zero attached hydrogens (tertiary/aromatic N) is 1. The standard InChI is InChI=1S/C27H35ClFNO4S/c1-4-20-11-12-22(17-21(20)5-2)27(14-16-34-35(3,32)33)13-6-7-15-30(19-27)26(31)18-23-24(28)9-8-10-25(23)29/h8-12,17H,4-7,13-16,18-19H2,1-3H3/t27-/m1/s1. The van der Waals surface area contributed by atoms with Gasteiger partial charge in [-0.05, 0) is 60.9 Å². The number of halogens is 2. The third-order valence-electron chi connectivity index (χ3n) is 7.03. The van der Waals surface area contributed by atoms with Gasteiger partial charge in [-0.2, -0.15) is 8.42 Å². The van der Waals surface area contributed by atoms with Crippen molar-refractivity contribution in [1.29, 1.82) is 0 Å². The van der Waals surface area contributed by atoms with E-state index < -0.39 is 21.4 Å². The van der Waals surface area contributed by atoms with Gasteiger partial charge in [0.05, 0.1) is 19.3 Å². The highest BCUT2D eigenvalue weighted by atomic mass is 35.5. The molecule has 192 valence electrons. The van der Waals surface area contributed by atoms with E-state index in [-0.39, 0.29) is 29.5 Å². The van der Waals surface area contributed by atoms with Crippen LogP contribution in [0.15, 0.2) is 36.4 Å². The molecule has 8 heteroatoms. The predicted octanol–water partition coefficient (Wildman–Crippen LogP) is 5.46. The molecule has 1 atom stereocenters. The minimum Gasteiger partial charge on any atom is -0.342 e. The van der Waals surface area contributed by atoms with E-state index in [4.69, 9.17) is 15.8 Å². The van der Waals surface area contributed by atoms with Crippen LogP contribution in [0.1, 0.15) is 61.8 Å². The molecule has 1 aliphatic rings. The Morgan fingerprint density at radius 3 is 2.54 bits per heavy atom. The van der Waals surface area contributed by atoms with Crippen molar-refractivity contribution < 1.29 is 21.8 Å². The summed E-state index contributed by atoms with van der Waals surface area (Å²) in [5.74, 6) is -0.676. The molecule has 0 radical (unpaired) electrons. The maximum Gasteiger partial charge on any atom is 0.264 e. The highest BCUT2D eigenvalue weighted by Gasteiger charge is 2.38. The third kappa shape index (κ3) is 7.05. The molecule has 0 aliphatic carbocycles. The lowest BCUT2D eigenvalue weighted by atomic mass is 9.73. The summed E-state index contributed by atoms with van der Waals surface area (Å²) in [6.07, 6.45) is 5.72. The van der Waals surface area contributed by atoms with Crippen LogP contribution in [0.25, 0.3) is 0 Å². The second kappa shape index (κ2) is 11.8. The summed E-state index contributed by atoms with van der Waals surface area (Å²) >= 11 is 6.19. The summed E-state index contributed by atoms with van der Waals surface area (Å²) in [5, 5.41) is 0.240. The molecule has 0 spiro atoms. The first-order chi connectivity index (χ1) is 16.6. The van der Waals surface area contributed by atoms with Crippen LogP contribution < -0.4 is 0 Å². The molecule has 0 aromatic heterocycles. The first-order valence-electron chi connectivity index (χ1n) is 12.3. The minimum atomic E-state index is -3.58. The van der Waals surface area contributed by atoms with Crippen LogP contribution in [-0.4, -0.2) is 45.2 Å². The lowest BCUT2D eigenvalue weighted by molar-refractivity contribution is -0.131. The molecule has 0 N–H and O–H groups in total. The van der Waals surface area contributed by atoms with Gasteiger partial charge >= 0.3 is 0 Å². The fourth-order valence-electron chi connectivity index (χ4n) is 5.07. The Kier molecular flexibility index (Phi) is 9.35. The second-order valence-corrected chi connectivity index (χ2v) is 11.4. The number of carbonyl (C=O) groups is 1. The van der Waals surface area contributed by atoms with E-state index in [1.807, 2.05) is 0 Å². The molecule has 0 bridgehead atoms. The zero-order valence-corrected chi connectivity index (χ0v) is 22.4. The number of benzene rings is 2. The van der Waals surface area contributed by atoms with Crippen molar-refractivity contribution in [3.63, 3.8) is 0 Å². The van der Waals surface area contributed by atoms with Crippen molar-refractivity contribution in [3.8, 4) is 0 Å². The van der Waals surface area contributed by atoms with Gasteiger partial charge < -0.3 is 4.90 Å². The Hall–Kier alpha value is -1.96. The van der Waals surface area contributed by atoms with Crippen LogP contribution in [0.5, 0.6) is 0 Å². The molecule has 35 heavy (non-hydrogen) atoms. The van der Waals surface area contributed by atoms with Crippen molar-refractivity contribution in [2.24, 2.45) is 0 Å². The summed E-state index contributed by atoms with van der Waals surface area (Å²) in [5.41, 5.74) is 3.37. The smallest absolute Gasteiger partial charge is 0.264 e. The predicted molar refractivity (Wildman–Crippen MR) is 138 cm³/mol. The van der Waals surface area contributed by atoms with Crippen LogP contribution in [0.2, 0.25) is 5.02 Å². The largest absolute Gasteiger partial charge is 0.342 e. The van der Waals surface area contributed by atoms with Crippen LogP contribution in [0.4, 0.5) is 4.39 Å². The van der Waals surface area contributed by atoms with Gasteiger partial charge in [0.1, 0.15) is 5.82 Å². The zero-order chi connectivity index (χ0) is 25.6. The molecule has 0 unspecified atom stereocenters. The Labute approximate surface area is 213 Å². The average molecular weight is 524 g/mol. The maximum absolute atomic E-state index is 14.4. The van der Waals surface area contributed by atoms with Crippen molar-refractivity contribution in [2.45, 2.75) is 64.2 Å². The fourth-order valence-corrected chi connectivity index (χ4v) is 5.68. The normalized spacial score (nSPS) is 18.9. The van der Waals surface area contributed by atoms with Crippen LogP contribution in [-0.2, 0) is 43.8 Å². The van der Waals surface area contributed by atoms with E-state index in [2.05, 4.69) is 32.0 Å². The number of hydrogen-bond donors (Lipinski definition) is 0. The highest BCUT2D eigenvalue weighted by Crippen LogP contribution is 2.38. The molecule has 5 nitrogen and oxygen atoms in total. The molecule has 1 amide bonds. The Morgan fingerprint density at radius 1 is 1.14 bits per heavy atom. The summed E-state index contributed by atoms with van der Waals surface area (Å²) in [6, 6.07) is 10.9. The average Bonchev–Trinajstić information content (AvgIpc) is 3.04. The van der Waals surface area contributed by atoms with Gasteiger partial charge in [-0.3, -0.25) is 8.98 Å². The third-order valence-corrected chi connectivity index (χ3v) is 7.98. The first kappa shape index (κ1) is 27.6.